The number of rotatable bonds is 4. The van der Waals surface area contributed by atoms with Gasteiger partial charge in [0, 0.05) is 24.4 Å². The van der Waals surface area contributed by atoms with Gasteiger partial charge in [-0.3, -0.25) is 4.79 Å². The third kappa shape index (κ3) is 3.36. The number of nitrogens with one attached hydrogen (secondary N) is 1. The fraction of sp³-hybridized carbons (Fsp3) is 0.100. The van der Waals surface area contributed by atoms with Crippen molar-refractivity contribution in [1.82, 2.24) is 9.97 Å². The van der Waals surface area contributed by atoms with Gasteiger partial charge in [-0.1, -0.05) is 24.1 Å². The average Bonchev–Trinajstić information content (AvgIpc) is 2.64. The minimum Gasteiger partial charge on any atom is -0.497 e. The number of aromatic amines is 1. The number of pyridine rings is 2. The minimum absolute atomic E-state index is 0.103. The largest absolute Gasteiger partial charge is 0.497 e. The standard InChI is InChI=1S/C20H16N2O2/c1-3-18-7-4-14(12-21-18)10-16-11-17(13-22-20(16)23)15-5-8-19(24-2)9-6-15/h1,4-9,11-13H,10H2,2H3,(H,22,23). The molecule has 0 spiro atoms. The monoisotopic (exact) mass is 316 g/mol. The molecule has 0 saturated carbocycles. The predicted octanol–water partition coefficient (Wildman–Crippen LogP) is 3.02. The summed E-state index contributed by atoms with van der Waals surface area (Å²) in [6.45, 7) is 0. The fourth-order valence-corrected chi connectivity index (χ4v) is 2.45. The molecule has 0 amide bonds. The van der Waals surface area contributed by atoms with Crippen LogP contribution in [0.15, 0.2) is 59.7 Å². The molecule has 3 rings (SSSR count). The van der Waals surface area contributed by atoms with Gasteiger partial charge in [0.15, 0.2) is 0 Å². The smallest absolute Gasteiger partial charge is 0.251 e. The van der Waals surface area contributed by atoms with Crippen LogP contribution >= 0.6 is 0 Å². The first-order chi connectivity index (χ1) is 11.7. The van der Waals surface area contributed by atoms with Crippen LogP contribution in [0.25, 0.3) is 11.1 Å². The van der Waals surface area contributed by atoms with E-state index in [1.165, 1.54) is 0 Å². The number of benzene rings is 1. The quantitative estimate of drug-likeness (QED) is 0.753. The Morgan fingerprint density at radius 1 is 1.17 bits per heavy atom. The van der Waals surface area contributed by atoms with Crippen molar-refractivity contribution in [1.29, 1.82) is 0 Å². The van der Waals surface area contributed by atoms with Gasteiger partial charge in [-0.2, -0.15) is 0 Å². The highest BCUT2D eigenvalue weighted by Gasteiger charge is 2.06. The molecule has 0 radical (unpaired) electrons. The van der Waals surface area contributed by atoms with E-state index in [4.69, 9.17) is 11.2 Å². The molecule has 2 aromatic heterocycles. The second kappa shape index (κ2) is 6.84. The molecule has 0 aliphatic heterocycles. The first kappa shape index (κ1) is 15.6. The molecule has 24 heavy (non-hydrogen) atoms. The van der Waals surface area contributed by atoms with Crippen molar-refractivity contribution in [3.8, 4) is 29.2 Å². The van der Waals surface area contributed by atoms with Crippen LogP contribution in [0, 0.1) is 12.3 Å². The van der Waals surface area contributed by atoms with E-state index in [9.17, 15) is 4.79 Å². The van der Waals surface area contributed by atoms with E-state index in [2.05, 4.69) is 15.9 Å². The number of nitrogens with zero attached hydrogens (tertiary/aromatic N) is 1. The number of methoxy groups -OCH3 is 1. The summed E-state index contributed by atoms with van der Waals surface area (Å²) >= 11 is 0. The lowest BCUT2D eigenvalue weighted by molar-refractivity contribution is 0.415. The lowest BCUT2D eigenvalue weighted by atomic mass is 10.0. The second-order valence-electron chi connectivity index (χ2n) is 5.34. The molecule has 1 aromatic carbocycles. The Bertz CT molecular complexity index is 933. The van der Waals surface area contributed by atoms with Crippen LogP contribution in [0.1, 0.15) is 16.8 Å². The van der Waals surface area contributed by atoms with Crippen molar-refractivity contribution in [2.45, 2.75) is 6.42 Å². The number of H-pyrrole nitrogens is 1. The van der Waals surface area contributed by atoms with E-state index in [-0.39, 0.29) is 5.56 Å². The number of hydrogen-bond donors (Lipinski definition) is 1. The van der Waals surface area contributed by atoms with Crippen LogP contribution in [0.2, 0.25) is 0 Å². The van der Waals surface area contributed by atoms with Crippen molar-refractivity contribution >= 4 is 0 Å². The molecule has 0 aliphatic carbocycles. The zero-order chi connectivity index (χ0) is 16.9. The highest BCUT2D eigenvalue weighted by molar-refractivity contribution is 5.64. The van der Waals surface area contributed by atoms with E-state index < -0.39 is 0 Å². The Labute approximate surface area is 140 Å². The Hall–Kier alpha value is -3.32. The lowest BCUT2D eigenvalue weighted by Crippen LogP contribution is -2.12. The highest BCUT2D eigenvalue weighted by atomic mass is 16.5. The Balaban J connectivity index is 1.90. The van der Waals surface area contributed by atoms with Crippen LogP contribution in [0.3, 0.4) is 0 Å². The van der Waals surface area contributed by atoms with Crippen molar-refractivity contribution < 1.29 is 4.74 Å². The van der Waals surface area contributed by atoms with Gasteiger partial charge in [-0.05, 0) is 41.0 Å². The van der Waals surface area contributed by atoms with Gasteiger partial charge >= 0.3 is 0 Å². The molecule has 118 valence electrons. The topological polar surface area (TPSA) is 55.0 Å². The molecule has 3 aromatic rings. The zero-order valence-corrected chi connectivity index (χ0v) is 13.2. The van der Waals surface area contributed by atoms with Crippen LogP contribution in [-0.2, 0) is 6.42 Å². The maximum Gasteiger partial charge on any atom is 0.251 e. The second-order valence-corrected chi connectivity index (χ2v) is 5.34. The zero-order valence-electron chi connectivity index (χ0n) is 13.2. The van der Waals surface area contributed by atoms with E-state index in [1.54, 1.807) is 25.6 Å². The van der Waals surface area contributed by atoms with Crippen LogP contribution in [0.5, 0.6) is 5.75 Å². The molecule has 2 heterocycles. The van der Waals surface area contributed by atoms with E-state index >= 15 is 0 Å². The molecule has 0 atom stereocenters. The maximum atomic E-state index is 12.1. The van der Waals surface area contributed by atoms with Gasteiger partial charge in [-0.25, -0.2) is 4.98 Å². The number of aromatic nitrogens is 2. The Morgan fingerprint density at radius 2 is 1.96 bits per heavy atom. The SMILES string of the molecule is C#Cc1ccc(Cc2cc(-c3ccc(OC)cc3)c[nH]c2=O)cn1. The van der Waals surface area contributed by atoms with Gasteiger partial charge < -0.3 is 9.72 Å². The fourth-order valence-electron chi connectivity index (χ4n) is 2.45. The highest BCUT2D eigenvalue weighted by Crippen LogP contribution is 2.22. The predicted molar refractivity (Wildman–Crippen MR) is 94.0 cm³/mol. The molecule has 0 fully saturated rings. The molecule has 0 saturated heterocycles. The van der Waals surface area contributed by atoms with Gasteiger partial charge in [0.2, 0.25) is 0 Å². The molecule has 0 bridgehead atoms. The summed E-state index contributed by atoms with van der Waals surface area (Å²) in [6.07, 6.45) is 9.22. The van der Waals surface area contributed by atoms with Crippen LogP contribution in [0.4, 0.5) is 0 Å². The molecular formula is C20H16N2O2. The first-order valence-corrected chi connectivity index (χ1v) is 7.47. The summed E-state index contributed by atoms with van der Waals surface area (Å²) in [5.41, 5.74) is 4.05. The summed E-state index contributed by atoms with van der Waals surface area (Å²) in [4.78, 5) is 19.1. The third-order valence-corrected chi connectivity index (χ3v) is 3.77. The molecule has 4 heteroatoms. The Morgan fingerprint density at radius 3 is 2.58 bits per heavy atom. The normalized spacial score (nSPS) is 10.2. The van der Waals surface area contributed by atoms with Crippen molar-refractivity contribution in [2.75, 3.05) is 7.11 Å². The summed E-state index contributed by atoms with van der Waals surface area (Å²) in [6, 6.07) is 13.3. The van der Waals surface area contributed by atoms with Crippen LogP contribution in [-0.4, -0.2) is 17.1 Å². The number of terminal acetylenes is 1. The van der Waals surface area contributed by atoms with E-state index in [0.29, 0.717) is 17.7 Å². The third-order valence-electron chi connectivity index (χ3n) is 3.77. The summed E-state index contributed by atoms with van der Waals surface area (Å²) in [5, 5.41) is 0. The van der Waals surface area contributed by atoms with E-state index in [0.717, 1.165) is 22.4 Å². The van der Waals surface area contributed by atoms with Gasteiger partial charge in [0.25, 0.3) is 5.56 Å². The van der Waals surface area contributed by atoms with E-state index in [1.807, 2.05) is 36.4 Å². The first-order valence-electron chi connectivity index (χ1n) is 7.47. The average molecular weight is 316 g/mol. The van der Waals surface area contributed by atoms with Crippen molar-refractivity contribution in [3.05, 3.63) is 82.0 Å². The lowest BCUT2D eigenvalue weighted by Gasteiger charge is -2.06. The number of hydrogen-bond acceptors (Lipinski definition) is 3. The van der Waals surface area contributed by atoms with Gasteiger partial charge in [-0.15, -0.1) is 6.42 Å². The molecule has 0 aliphatic rings. The van der Waals surface area contributed by atoms with Crippen LogP contribution < -0.4 is 10.3 Å². The van der Waals surface area contributed by atoms with Crippen molar-refractivity contribution in [2.24, 2.45) is 0 Å². The summed E-state index contributed by atoms with van der Waals surface area (Å²) < 4.78 is 5.17. The number of ether oxygens (including phenoxy) is 1. The van der Waals surface area contributed by atoms with Gasteiger partial charge in [0.1, 0.15) is 11.4 Å². The molecular weight excluding hydrogens is 300 g/mol. The molecule has 0 unspecified atom stereocenters. The van der Waals surface area contributed by atoms with Gasteiger partial charge in [0.05, 0.1) is 7.11 Å². The minimum atomic E-state index is -0.103. The Kier molecular flexibility index (Phi) is 4.44. The summed E-state index contributed by atoms with van der Waals surface area (Å²) in [5.74, 6) is 3.27. The maximum absolute atomic E-state index is 12.1. The van der Waals surface area contributed by atoms with Crippen molar-refractivity contribution in [3.63, 3.8) is 0 Å². The summed E-state index contributed by atoms with van der Waals surface area (Å²) in [7, 11) is 1.63. The molecule has 4 nitrogen and oxygen atoms in total. The molecule has 1 N–H and O–H groups in total.